The fraction of sp³-hybridized carbons (Fsp3) is 0.130. The Hall–Kier alpha value is -3.60. The molecule has 142 valence electrons. The second-order valence-electron chi connectivity index (χ2n) is 6.46. The van der Waals surface area contributed by atoms with Crippen molar-refractivity contribution in [2.45, 2.75) is 13.8 Å². The van der Waals surface area contributed by atoms with Crippen LogP contribution >= 0.6 is 0 Å². The number of rotatable bonds is 6. The van der Waals surface area contributed by atoms with E-state index in [1.165, 1.54) is 24.3 Å². The van der Waals surface area contributed by atoms with Gasteiger partial charge >= 0.3 is 5.97 Å². The number of benzene rings is 3. The lowest BCUT2D eigenvalue weighted by molar-refractivity contribution is 0.0692. The van der Waals surface area contributed by atoms with Crippen molar-refractivity contribution in [2.75, 3.05) is 11.4 Å². The molecule has 28 heavy (non-hydrogen) atoms. The number of carbonyl (C=O) groups is 2. The summed E-state index contributed by atoms with van der Waals surface area (Å²) in [6.45, 7) is 4.69. The third-order valence-corrected chi connectivity index (χ3v) is 4.60. The molecule has 0 aliphatic heterocycles. The van der Waals surface area contributed by atoms with Crippen LogP contribution in [0.5, 0.6) is 5.75 Å². The standard InChI is InChI=1S/C23H21NO4/c1-3-24(16-10-8-15(2)9-11-16)17-12-13-20(21(25)14-17)22(26)18-6-4-5-7-19(18)23(27)28/h4-14,25H,3H2,1-2H3,(H,27,28). The average molecular weight is 375 g/mol. The molecule has 0 aliphatic rings. The van der Waals surface area contributed by atoms with E-state index in [9.17, 15) is 19.8 Å². The first-order valence-corrected chi connectivity index (χ1v) is 8.96. The number of phenols is 1. The summed E-state index contributed by atoms with van der Waals surface area (Å²) in [5.74, 6) is -1.90. The lowest BCUT2D eigenvalue weighted by Crippen LogP contribution is -2.16. The minimum Gasteiger partial charge on any atom is -0.507 e. The summed E-state index contributed by atoms with van der Waals surface area (Å²) in [5.41, 5.74) is 2.89. The summed E-state index contributed by atoms with van der Waals surface area (Å²) < 4.78 is 0. The zero-order valence-electron chi connectivity index (χ0n) is 15.7. The van der Waals surface area contributed by atoms with Crippen molar-refractivity contribution in [3.05, 3.63) is 89.0 Å². The van der Waals surface area contributed by atoms with Crippen LogP contribution in [-0.2, 0) is 0 Å². The van der Waals surface area contributed by atoms with Gasteiger partial charge in [-0.1, -0.05) is 35.9 Å². The number of carbonyl (C=O) groups excluding carboxylic acids is 1. The number of ketones is 1. The third kappa shape index (κ3) is 3.74. The van der Waals surface area contributed by atoms with Crippen LogP contribution in [0.25, 0.3) is 0 Å². The van der Waals surface area contributed by atoms with E-state index >= 15 is 0 Å². The maximum absolute atomic E-state index is 12.8. The highest BCUT2D eigenvalue weighted by molar-refractivity contribution is 6.15. The Morgan fingerprint density at radius 3 is 2.04 bits per heavy atom. The minimum absolute atomic E-state index is 0.0453. The van der Waals surface area contributed by atoms with Gasteiger partial charge in [-0.05, 0) is 44.2 Å². The molecule has 0 fully saturated rings. The molecular formula is C23H21NO4. The van der Waals surface area contributed by atoms with E-state index in [1.54, 1.807) is 18.2 Å². The van der Waals surface area contributed by atoms with Gasteiger partial charge in [0.25, 0.3) is 0 Å². The predicted octanol–water partition coefficient (Wildman–Crippen LogP) is 4.79. The number of aromatic carboxylic acids is 1. The molecule has 0 amide bonds. The lowest BCUT2D eigenvalue weighted by Gasteiger charge is -2.24. The van der Waals surface area contributed by atoms with Crippen molar-refractivity contribution in [1.82, 2.24) is 0 Å². The topological polar surface area (TPSA) is 77.8 Å². The van der Waals surface area contributed by atoms with Gasteiger partial charge in [0.2, 0.25) is 0 Å². The fourth-order valence-electron chi connectivity index (χ4n) is 3.13. The number of hydrogen-bond acceptors (Lipinski definition) is 4. The molecule has 0 saturated heterocycles. The van der Waals surface area contributed by atoms with Crippen LogP contribution in [-0.4, -0.2) is 28.5 Å². The van der Waals surface area contributed by atoms with Crippen LogP contribution < -0.4 is 4.90 Å². The number of hydrogen-bond donors (Lipinski definition) is 2. The second-order valence-corrected chi connectivity index (χ2v) is 6.46. The van der Waals surface area contributed by atoms with Crippen molar-refractivity contribution in [1.29, 1.82) is 0 Å². The first-order valence-electron chi connectivity index (χ1n) is 8.96. The molecule has 3 aromatic carbocycles. The molecule has 3 rings (SSSR count). The Morgan fingerprint density at radius 1 is 0.857 bits per heavy atom. The smallest absolute Gasteiger partial charge is 0.336 e. The molecule has 3 aromatic rings. The number of anilines is 2. The van der Waals surface area contributed by atoms with Crippen LogP contribution in [0.4, 0.5) is 11.4 Å². The Balaban J connectivity index is 1.97. The monoisotopic (exact) mass is 375 g/mol. The Morgan fingerprint density at radius 2 is 1.46 bits per heavy atom. The molecule has 5 heteroatoms. The molecule has 0 heterocycles. The largest absolute Gasteiger partial charge is 0.507 e. The summed E-state index contributed by atoms with van der Waals surface area (Å²) in [5, 5.41) is 19.8. The van der Waals surface area contributed by atoms with Gasteiger partial charge in [-0.2, -0.15) is 0 Å². The highest BCUT2D eigenvalue weighted by Crippen LogP contribution is 2.31. The van der Waals surface area contributed by atoms with Crippen LogP contribution in [0.2, 0.25) is 0 Å². The SMILES string of the molecule is CCN(c1ccc(C)cc1)c1ccc(C(=O)c2ccccc2C(=O)O)c(O)c1. The Bertz CT molecular complexity index is 1030. The highest BCUT2D eigenvalue weighted by atomic mass is 16.4. The number of carboxylic acids is 1. The minimum atomic E-state index is -1.18. The lowest BCUT2D eigenvalue weighted by atomic mass is 9.97. The summed E-state index contributed by atoms with van der Waals surface area (Å²) in [7, 11) is 0. The van der Waals surface area contributed by atoms with Gasteiger partial charge in [0.15, 0.2) is 5.78 Å². The zero-order valence-corrected chi connectivity index (χ0v) is 15.7. The van der Waals surface area contributed by atoms with E-state index in [2.05, 4.69) is 0 Å². The predicted molar refractivity (Wildman–Crippen MR) is 109 cm³/mol. The molecule has 0 saturated carbocycles. The Kier molecular flexibility index (Phi) is 5.45. The van der Waals surface area contributed by atoms with E-state index in [4.69, 9.17) is 0 Å². The zero-order chi connectivity index (χ0) is 20.3. The number of carboxylic acid groups (broad SMARTS) is 1. The average Bonchev–Trinajstić information content (AvgIpc) is 2.69. The van der Waals surface area contributed by atoms with Crippen molar-refractivity contribution in [3.8, 4) is 5.75 Å². The first kappa shape index (κ1) is 19.2. The Labute approximate surface area is 163 Å². The van der Waals surface area contributed by atoms with E-state index in [1.807, 2.05) is 43.0 Å². The molecule has 0 aliphatic carbocycles. The van der Waals surface area contributed by atoms with Crippen LogP contribution in [0.3, 0.4) is 0 Å². The molecule has 0 aromatic heterocycles. The van der Waals surface area contributed by atoms with Gasteiger partial charge in [0.1, 0.15) is 5.75 Å². The molecule has 0 unspecified atom stereocenters. The van der Waals surface area contributed by atoms with E-state index in [0.717, 1.165) is 16.9 Å². The van der Waals surface area contributed by atoms with Crippen molar-refractivity contribution < 1.29 is 19.8 Å². The maximum Gasteiger partial charge on any atom is 0.336 e. The number of aryl methyl sites for hydroxylation is 1. The molecule has 0 spiro atoms. The second kappa shape index (κ2) is 7.96. The van der Waals surface area contributed by atoms with Gasteiger partial charge in [0.05, 0.1) is 11.1 Å². The van der Waals surface area contributed by atoms with Gasteiger partial charge in [0, 0.05) is 29.5 Å². The highest BCUT2D eigenvalue weighted by Gasteiger charge is 2.21. The molecule has 2 N–H and O–H groups in total. The van der Waals surface area contributed by atoms with Crippen LogP contribution in [0.1, 0.15) is 38.8 Å². The summed E-state index contributed by atoms with van der Waals surface area (Å²) in [4.78, 5) is 26.2. The summed E-state index contributed by atoms with van der Waals surface area (Å²) >= 11 is 0. The molecular weight excluding hydrogens is 354 g/mol. The van der Waals surface area contributed by atoms with Crippen molar-refractivity contribution in [3.63, 3.8) is 0 Å². The van der Waals surface area contributed by atoms with Crippen molar-refractivity contribution >= 4 is 23.1 Å². The first-order chi connectivity index (χ1) is 13.4. The molecule has 0 bridgehead atoms. The quantitative estimate of drug-likeness (QED) is 0.606. The summed E-state index contributed by atoms with van der Waals surface area (Å²) in [6.07, 6.45) is 0. The van der Waals surface area contributed by atoms with Crippen LogP contribution in [0, 0.1) is 6.92 Å². The van der Waals surface area contributed by atoms with Gasteiger partial charge in [-0.3, -0.25) is 4.79 Å². The molecule has 0 atom stereocenters. The molecule has 5 nitrogen and oxygen atoms in total. The normalized spacial score (nSPS) is 10.5. The van der Waals surface area contributed by atoms with Crippen LogP contribution in [0.15, 0.2) is 66.7 Å². The van der Waals surface area contributed by atoms with E-state index in [-0.39, 0.29) is 22.4 Å². The third-order valence-electron chi connectivity index (χ3n) is 4.60. The number of phenolic OH excluding ortho intramolecular Hbond substituents is 1. The van der Waals surface area contributed by atoms with Gasteiger partial charge in [-0.25, -0.2) is 4.79 Å². The van der Waals surface area contributed by atoms with Gasteiger partial charge < -0.3 is 15.1 Å². The van der Waals surface area contributed by atoms with E-state index < -0.39 is 11.8 Å². The fourth-order valence-corrected chi connectivity index (χ4v) is 3.13. The number of nitrogens with zero attached hydrogens (tertiary/aromatic N) is 1. The summed E-state index contributed by atoms with van der Waals surface area (Å²) in [6, 6.07) is 18.8. The molecule has 0 radical (unpaired) electrons. The van der Waals surface area contributed by atoms with Gasteiger partial charge in [-0.15, -0.1) is 0 Å². The van der Waals surface area contributed by atoms with E-state index in [0.29, 0.717) is 6.54 Å². The maximum atomic E-state index is 12.8. The van der Waals surface area contributed by atoms with Crippen molar-refractivity contribution in [2.24, 2.45) is 0 Å². The number of aromatic hydroxyl groups is 1.